The normalized spacial score (nSPS) is 10.3. The van der Waals surface area contributed by atoms with Crippen LogP contribution in [0.5, 0.6) is 0 Å². The van der Waals surface area contributed by atoms with E-state index in [2.05, 4.69) is 52.1 Å². The largest absolute Gasteiger partial charge is 0.339 e. The molecule has 1 heterocycles. The van der Waals surface area contributed by atoms with Crippen LogP contribution in [0.15, 0.2) is 54.6 Å². The van der Waals surface area contributed by atoms with E-state index in [0.29, 0.717) is 16.1 Å². The topological polar surface area (TPSA) is 61.9 Å². The zero-order chi connectivity index (χ0) is 18.5. The van der Waals surface area contributed by atoms with Crippen molar-refractivity contribution in [3.05, 3.63) is 70.9 Å². The van der Waals surface area contributed by atoms with Crippen molar-refractivity contribution in [3.8, 4) is 0 Å². The van der Waals surface area contributed by atoms with Crippen molar-refractivity contribution in [1.29, 1.82) is 0 Å². The van der Waals surface area contributed by atoms with Gasteiger partial charge in [0, 0.05) is 17.1 Å². The highest BCUT2D eigenvalue weighted by Crippen LogP contribution is 2.19. The highest BCUT2D eigenvalue weighted by molar-refractivity contribution is 7.80. The van der Waals surface area contributed by atoms with Gasteiger partial charge in [0.25, 0.3) is 0 Å². The van der Waals surface area contributed by atoms with Crippen molar-refractivity contribution in [2.45, 2.75) is 13.8 Å². The summed E-state index contributed by atoms with van der Waals surface area (Å²) in [5.41, 5.74) is 5.14. The molecule has 5 nitrogen and oxygen atoms in total. The predicted molar refractivity (Wildman–Crippen MR) is 113 cm³/mol. The van der Waals surface area contributed by atoms with Crippen molar-refractivity contribution >= 4 is 51.8 Å². The number of aryl methyl sites for hydroxylation is 2. The van der Waals surface area contributed by atoms with Gasteiger partial charge in [-0.25, -0.2) is 0 Å². The molecule has 132 valence electrons. The molecular weight excluding hydrogens is 366 g/mol. The molecule has 1 aromatic heterocycles. The van der Waals surface area contributed by atoms with Crippen molar-refractivity contribution in [2.24, 2.45) is 0 Å². The standard InChI is InChI=1S/C19H18ClN5S/c1-12-3-8-16(13(2)11-12)23-19(26)22-15-6-4-14(5-7-15)21-18-10-9-17(20)24-25-18/h3-11H,1-2H3,(H,21,25)(H2,22,23,26). The fourth-order valence-electron chi connectivity index (χ4n) is 2.41. The zero-order valence-corrected chi connectivity index (χ0v) is 15.9. The second-order valence-corrected chi connectivity index (χ2v) is 6.64. The fourth-order valence-corrected chi connectivity index (χ4v) is 2.73. The van der Waals surface area contributed by atoms with Crippen molar-refractivity contribution in [1.82, 2.24) is 10.2 Å². The van der Waals surface area contributed by atoms with Crippen LogP contribution in [0, 0.1) is 13.8 Å². The van der Waals surface area contributed by atoms with Crippen molar-refractivity contribution in [2.75, 3.05) is 16.0 Å². The predicted octanol–water partition coefficient (Wildman–Crippen LogP) is 5.30. The molecule has 0 aliphatic heterocycles. The molecule has 0 unspecified atom stereocenters. The Balaban J connectivity index is 1.59. The summed E-state index contributed by atoms with van der Waals surface area (Å²) in [5, 5.41) is 18.2. The molecule has 0 amide bonds. The molecule has 0 atom stereocenters. The van der Waals surface area contributed by atoms with Gasteiger partial charge in [0.2, 0.25) is 0 Å². The first kappa shape index (κ1) is 18.1. The van der Waals surface area contributed by atoms with E-state index in [9.17, 15) is 0 Å². The van der Waals surface area contributed by atoms with E-state index in [-0.39, 0.29) is 0 Å². The third-order valence-electron chi connectivity index (χ3n) is 3.68. The summed E-state index contributed by atoms with van der Waals surface area (Å²) in [5.74, 6) is 0.627. The molecule has 0 saturated carbocycles. The number of thiocarbonyl (C=S) groups is 1. The number of aromatic nitrogens is 2. The van der Waals surface area contributed by atoms with E-state index in [4.69, 9.17) is 23.8 Å². The van der Waals surface area contributed by atoms with Gasteiger partial charge in [0.15, 0.2) is 16.1 Å². The quantitative estimate of drug-likeness (QED) is 0.531. The maximum Gasteiger partial charge on any atom is 0.175 e. The molecule has 3 rings (SSSR count). The lowest BCUT2D eigenvalue weighted by Crippen LogP contribution is -2.19. The molecule has 3 N–H and O–H groups in total. The Bertz CT molecular complexity index is 910. The van der Waals surface area contributed by atoms with Crippen LogP contribution in [0.25, 0.3) is 0 Å². The number of rotatable bonds is 4. The Kier molecular flexibility index (Phi) is 5.65. The van der Waals surface area contributed by atoms with Crippen LogP contribution in [0.1, 0.15) is 11.1 Å². The monoisotopic (exact) mass is 383 g/mol. The van der Waals surface area contributed by atoms with Gasteiger partial charge in [-0.05, 0) is 74.1 Å². The number of nitrogens with one attached hydrogen (secondary N) is 3. The van der Waals surface area contributed by atoms with Crippen LogP contribution in [-0.4, -0.2) is 15.3 Å². The van der Waals surface area contributed by atoms with Crippen molar-refractivity contribution < 1.29 is 0 Å². The number of benzene rings is 2. The molecule has 26 heavy (non-hydrogen) atoms. The van der Waals surface area contributed by atoms with Crippen LogP contribution in [0.4, 0.5) is 22.9 Å². The summed E-state index contributed by atoms with van der Waals surface area (Å²) >= 11 is 11.1. The summed E-state index contributed by atoms with van der Waals surface area (Å²) in [4.78, 5) is 0. The number of halogens is 1. The Hall–Kier alpha value is -2.70. The van der Waals surface area contributed by atoms with E-state index >= 15 is 0 Å². The third-order valence-corrected chi connectivity index (χ3v) is 4.08. The average molecular weight is 384 g/mol. The van der Waals surface area contributed by atoms with Gasteiger partial charge in [-0.2, -0.15) is 0 Å². The first-order valence-corrected chi connectivity index (χ1v) is 8.80. The lowest BCUT2D eigenvalue weighted by atomic mass is 10.1. The number of anilines is 4. The maximum absolute atomic E-state index is 5.73. The molecular formula is C19H18ClN5S. The smallest absolute Gasteiger partial charge is 0.175 e. The van der Waals surface area contributed by atoms with Crippen LogP contribution in [0.3, 0.4) is 0 Å². The number of nitrogens with zero attached hydrogens (tertiary/aromatic N) is 2. The van der Waals surface area contributed by atoms with E-state index in [1.807, 2.05) is 30.3 Å². The minimum atomic E-state index is 0.361. The van der Waals surface area contributed by atoms with Crippen LogP contribution >= 0.6 is 23.8 Å². The van der Waals surface area contributed by atoms with Gasteiger partial charge < -0.3 is 16.0 Å². The maximum atomic E-state index is 5.73. The number of hydrogen-bond donors (Lipinski definition) is 3. The zero-order valence-electron chi connectivity index (χ0n) is 14.4. The van der Waals surface area contributed by atoms with Gasteiger partial charge in [-0.3, -0.25) is 0 Å². The Morgan fingerprint density at radius 1 is 0.885 bits per heavy atom. The molecule has 2 aromatic carbocycles. The molecule has 0 spiro atoms. The molecule has 0 aliphatic carbocycles. The molecule has 0 fully saturated rings. The molecule has 0 saturated heterocycles. The Morgan fingerprint density at radius 3 is 2.27 bits per heavy atom. The van der Waals surface area contributed by atoms with Crippen LogP contribution < -0.4 is 16.0 Å². The van der Waals surface area contributed by atoms with Crippen molar-refractivity contribution in [3.63, 3.8) is 0 Å². The highest BCUT2D eigenvalue weighted by atomic mass is 35.5. The van der Waals surface area contributed by atoms with Gasteiger partial charge in [-0.15, -0.1) is 10.2 Å². The second kappa shape index (κ2) is 8.12. The summed E-state index contributed by atoms with van der Waals surface area (Å²) in [6, 6.07) is 17.4. The van der Waals surface area contributed by atoms with Crippen LogP contribution in [0.2, 0.25) is 5.15 Å². The van der Waals surface area contributed by atoms with Gasteiger partial charge in [-0.1, -0.05) is 29.3 Å². The van der Waals surface area contributed by atoms with E-state index < -0.39 is 0 Å². The second-order valence-electron chi connectivity index (χ2n) is 5.84. The fraction of sp³-hybridized carbons (Fsp3) is 0.105. The minimum absolute atomic E-state index is 0.361. The van der Waals surface area contributed by atoms with Gasteiger partial charge in [0.05, 0.1) is 0 Å². The molecule has 0 bridgehead atoms. The summed E-state index contributed by atoms with van der Waals surface area (Å²) in [7, 11) is 0. The summed E-state index contributed by atoms with van der Waals surface area (Å²) in [6.45, 7) is 4.12. The van der Waals surface area contributed by atoms with E-state index in [1.165, 1.54) is 5.56 Å². The summed E-state index contributed by atoms with van der Waals surface area (Å²) in [6.07, 6.45) is 0. The van der Waals surface area contributed by atoms with Crippen LogP contribution in [-0.2, 0) is 0 Å². The molecule has 0 radical (unpaired) electrons. The average Bonchev–Trinajstić information content (AvgIpc) is 2.61. The Morgan fingerprint density at radius 2 is 1.62 bits per heavy atom. The molecule has 3 aromatic rings. The lowest BCUT2D eigenvalue weighted by Gasteiger charge is -2.13. The van der Waals surface area contributed by atoms with Gasteiger partial charge in [0.1, 0.15) is 0 Å². The minimum Gasteiger partial charge on any atom is -0.339 e. The lowest BCUT2D eigenvalue weighted by molar-refractivity contribution is 1.04. The summed E-state index contributed by atoms with van der Waals surface area (Å²) < 4.78 is 0. The first-order valence-electron chi connectivity index (χ1n) is 8.01. The first-order chi connectivity index (χ1) is 12.5. The van der Waals surface area contributed by atoms with E-state index in [0.717, 1.165) is 22.6 Å². The molecule has 0 aliphatic rings. The molecule has 7 heteroatoms. The van der Waals surface area contributed by atoms with E-state index in [1.54, 1.807) is 12.1 Å². The SMILES string of the molecule is Cc1ccc(NC(=S)Nc2ccc(Nc3ccc(Cl)nn3)cc2)c(C)c1. The Labute approximate surface area is 162 Å². The van der Waals surface area contributed by atoms with Gasteiger partial charge >= 0.3 is 0 Å². The third kappa shape index (κ3) is 4.91. The highest BCUT2D eigenvalue weighted by Gasteiger charge is 2.03. The number of hydrogen-bond acceptors (Lipinski definition) is 4.